The summed E-state index contributed by atoms with van der Waals surface area (Å²) in [6.07, 6.45) is 0. The van der Waals surface area contributed by atoms with Gasteiger partial charge in [-0.1, -0.05) is 59.8 Å². The van der Waals surface area contributed by atoms with Gasteiger partial charge >= 0.3 is 5.97 Å². The van der Waals surface area contributed by atoms with E-state index in [1.54, 1.807) is 24.1 Å². The van der Waals surface area contributed by atoms with Gasteiger partial charge in [0.2, 0.25) is 0 Å². The van der Waals surface area contributed by atoms with Crippen molar-refractivity contribution in [3.8, 4) is 5.75 Å². The second kappa shape index (κ2) is 10.4. The van der Waals surface area contributed by atoms with Gasteiger partial charge in [0.15, 0.2) is 6.61 Å². The van der Waals surface area contributed by atoms with E-state index in [0.717, 1.165) is 27.6 Å². The van der Waals surface area contributed by atoms with Gasteiger partial charge < -0.3 is 18.9 Å². The Hall–Kier alpha value is -4.13. The highest BCUT2D eigenvalue weighted by atomic mass is 16.5. The Balaban J connectivity index is 1.50. The molecule has 4 aromatic rings. The molecule has 7 heteroatoms. The minimum Gasteiger partial charge on any atom is -0.488 e. The molecule has 4 rings (SSSR count). The molecule has 35 heavy (non-hydrogen) atoms. The lowest BCUT2D eigenvalue weighted by Gasteiger charge is -2.25. The summed E-state index contributed by atoms with van der Waals surface area (Å²) in [7, 11) is 1.70. The lowest BCUT2D eigenvalue weighted by atomic mass is 10.1. The average Bonchev–Trinajstić information content (AvgIpc) is 3.21. The van der Waals surface area contributed by atoms with Gasteiger partial charge in [0.25, 0.3) is 5.91 Å². The first-order valence-electron chi connectivity index (χ1n) is 11.4. The maximum absolute atomic E-state index is 13.1. The maximum Gasteiger partial charge on any atom is 0.342 e. The third-order valence-corrected chi connectivity index (χ3v) is 6.20. The zero-order valence-electron chi connectivity index (χ0n) is 20.3. The molecule has 1 atom stereocenters. The molecule has 0 saturated heterocycles. The first-order chi connectivity index (χ1) is 16.8. The van der Waals surface area contributed by atoms with E-state index in [2.05, 4.69) is 5.16 Å². The number of hydrogen-bond acceptors (Lipinski definition) is 6. The van der Waals surface area contributed by atoms with Crippen molar-refractivity contribution in [2.45, 2.75) is 33.4 Å². The van der Waals surface area contributed by atoms with Gasteiger partial charge in [0.05, 0.1) is 17.3 Å². The van der Waals surface area contributed by atoms with Crippen LogP contribution in [0.4, 0.5) is 0 Å². The van der Waals surface area contributed by atoms with Crippen LogP contribution in [0.5, 0.6) is 5.75 Å². The molecule has 3 aromatic carbocycles. The van der Waals surface area contributed by atoms with E-state index in [9.17, 15) is 9.59 Å². The summed E-state index contributed by atoms with van der Waals surface area (Å²) < 4.78 is 16.7. The highest BCUT2D eigenvalue weighted by Gasteiger charge is 2.22. The Kier molecular flexibility index (Phi) is 7.15. The summed E-state index contributed by atoms with van der Waals surface area (Å²) >= 11 is 0. The molecule has 0 bridgehead atoms. The van der Waals surface area contributed by atoms with Gasteiger partial charge in [-0.15, -0.1) is 0 Å². The zero-order chi connectivity index (χ0) is 24.9. The summed E-state index contributed by atoms with van der Waals surface area (Å²) in [5, 5.41) is 5.74. The number of carbonyl (C=O) groups excluding carboxylic acids is 2. The number of fused-ring (bicyclic) bond motifs is 1. The van der Waals surface area contributed by atoms with Crippen molar-refractivity contribution in [2.24, 2.45) is 0 Å². The molecule has 0 saturated carbocycles. The van der Waals surface area contributed by atoms with Crippen molar-refractivity contribution in [2.75, 3.05) is 13.7 Å². The monoisotopic (exact) mass is 472 g/mol. The van der Waals surface area contributed by atoms with E-state index in [-0.39, 0.29) is 30.7 Å². The van der Waals surface area contributed by atoms with Crippen molar-refractivity contribution in [1.82, 2.24) is 10.1 Å². The Morgan fingerprint density at radius 3 is 2.31 bits per heavy atom. The standard InChI is InChI=1S/C28H28N2O5/c1-18-25(20(3)35-29-18)16-33-26-15-23-13-9-8-12-22(23)14-24(26)28(32)34-17-27(31)30(4)19(2)21-10-6-5-7-11-21/h5-15,19H,16-17H2,1-4H3. The van der Waals surface area contributed by atoms with E-state index in [1.165, 1.54) is 0 Å². The van der Waals surface area contributed by atoms with Crippen LogP contribution in [0.2, 0.25) is 0 Å². The summed E-state index contributed by atoms with van der Waals surface area (Å²) in [4.78, 5) is 27.4. The van der Waals surface area contributed by atoms with E-state index in [0.29, 0.717) is 11.5 Å². The van der Waals surface area contributed by atoms with E-state index in [4.69, 9.17) is 14.0 Å². The van der Waals surface area contributed by atoms with Gasteiger partial charge in [0.1, 0.15) is 23.7 Å². The largest absolute Gasteiger partial charge is 0.488 e. The maximum atomic E-state index is 13.1. The summed E-state index contributed by atoms with van der Waals surface area (Å²) in [6.45, 7) is 5.40. The van der Waals surface area contributed by atoms with Crippen LogP contribution in [-0.4, -0.2) is 35.6 Å². The predicted octanol–water partition coefficient (Wildman–Crippen LogP) is 5.40. The fraction of sp³-hybridized carbons (Fsp3) is 0.250. The quantitative estimate of drug-likeness (QED) is 0.319. The van der Waals surface area contributed by atoms with Crippen LogP contribution in [0, 0.1) is 13.8 Å². The third kappa shape index (κ3) is 5.35. The van der Waals surface area contributed by atoms with Gasteiger partial charge in [-0.25, -0.2) is 4.79 Å². The number of hydrogen-bond donors (Lipinski definition) is 0. The number of amides is 1. The van der Waals surface area contributed by atoms with Gasteiger partial charge in [0, 0.05) is 7.05 Å². The number of ether oxygens (including phenoxy) is 2. The van der Waals surface area contributed by atoms with Gasteiger partial charge in [-0.3, -0.25) is 4.79 Å². The van der Waals surface area contributed by atoms with Crippen molar-refractivity contribution >= 4 is 22.6 Å². The summed E-state index contributed by atoms with van der Waals surface area (Å²) in [6, 6.07) is 20.7. The predicted molar refractivity (Wildman–Crippen MR) is 132 cm³/mol. The third-order valence-electron chi connectivity index (χ3n) is 6.20. The van der Waals surface area contributed by atoms with Crippen LogP contribution in [0.25, 0.3) is 10.8 Å². The SMILES string of the molecule is Cc1noc(C)c1COc1cc2ccccc2cc1C(=O)OCC(=O)N(C)C(C)c1ccccc1. The molecule has 0 N–H and O–H groups in total. The highest BCUT2D eigenvalue weighted by Crippen LogP contribution is 2.28. The number of likely N-dealkylation sites (N-methyl/N-ethyl adjacent to an activating group) is 1. The van der Waals surface area contributed by atoms with E-state index < -0.39 is 5.97 Å². The van der Waals surface area contributed by atoms with Crippen molar-refractivity contribution in [1.29, 1.82) is 0 Å². The normalized spacial score (nSPS) is 11.8. The molecule has 7 nitrogen and oxygen atoms in total. The van der Waals surface area contributed by atoms with Crippen molar-refractivity contribution < 1.29 is 23.6 Å². The van der Waals surface area contributed by atoms with Crippen LogP contribution < -0.4 is 4.74 Å². The number of aromatic nitrogens is 1. The van der Waals surface area contributed by atoms with Crippen LogP contribution in [0.15, 0.2) is 71.3 Å². The number of benzene rings is 3. The molecule has 0 aliphatic carbocycles. The number of carbonyl (C=O) groups is 2. The molecule has 1 aromatic heterocycles. The van der Waals surface area contributed by atoms with Gasteiger partial charge in [-0.2, -0.15) is 0 Å². The summed E-state index contributed by atoms with van der Waals surface area (Å²) in [5.74, 6) is 0.105. The lowest BCUT2D eigenvalue weighted by molar-refractivity contribution is -0.135. The van der Waals surface area contributed by atoms with Crippen LogP contribution in [0.3, 0.4) is 0 Å². The number of aryl methyl sites for hydroxylation is 2. The Bertz CT molecular complexity index is 1330. The molecular weight excluding hydrogens is 444 g/mol. The number of rotatable bonds is 8. The second-order valence-electron chi connectivity index (χ2n) is 8.45. The van der Waals surface area contributed by atoms with E-state index in [1.807, 2.05) is 75.4 Å². The second-order valence-corrected chi connectivity index (χ2v) is 8.45. The summed E-state index contributed by atoms with van der Waals surface area (Å²) in [5.41, 5.74) is 2.80. The van der Waals surface area contributed by atoms with Crippen LogP contribution in [0.1, 0.15) is 45.9 Å². The van der Waals surface area contributed by atoms with Crippen molar-refractivity contribution in [3.63, 3.8) is 0 Å². The molecule has 0 aliphatic heterocycles. The smallest absolute Gasteiger partial charge is 0.342 e. The lowest BCUT2D eigenvalue weighted by Crippen LogP contribution is -2.33. The molecule has 1 heterocycles. The number of nitrogens with zero attached hydrogens (tertiary/aromatic N) is 2. The molecule has 0 fully saturated rings. The minimum atomic E-state index is -0.626. The fourth-order valence-electron chi connectivity index (χ4n) is 3.83. The molecule has 180 valence electrons. The highest BCUT2D eigenvalue weighted by molar-refractivity contribution is 5.99. The van der Waals surface area contributed by atoms with Crippen LogP contribution in [-0.2, 0) is 16.1 Å². The molecule has 1 unspecified atom stereocenters. The first kappa shape index (κ1) is 24.0. The molecule has 0 spiro atoms. The van der Waals surface area contributed by atoms with Crippen LogP contribution >= 0.6 is 0 Å². The Labute approximate surface area is 204 Å². The first-order valence-corrected chi connectivity index (χ1v) is 11.4. The molecule has 0 aliphatic rings. The molecular formula is C28H28N2O5. The number of esters is 1. The van der Waals surface area contributed by atoms with E-state index >= 15 is 0 Å². The molecule has 1 amide bonds. The van der Waals surface area contributed by atoms with Crippen molar-refractivity contribution in [3.05, 3.63) is 94.9 Å². The Morgan fingerprint density at radius 1 is 1.00 bits per heavy atom. The average molecular weight is 473 g/mol. The molecule has 0 radical (unpaired) electrons. The Morgan fingerprint density at radius 2 is 1.66 bits per heavy atom. The topological polar surface area (TPSA) is 81.9 Å². The van der Waals surface area contributed by atoms with Gasteiger partial charge in [-0.05, 0) is 49.2 Å². The minimum absolute atomic E-state index is 0.156. The zero-order valence-corrected chi connectivity index (χ0v) is 20.3. The fourth-order valence-corrected chi connectivity index (χ4v) is 3.83.